The number of hydrogen-bond acceptors (Lipinski definition) is 3. The summed E-state index contributed by atoms with van der Waals surface area (Å²) in [5.74, 6) is -0.0434. The lowest BCUT2D eigenvalue weighted by Gasteiger charge is -2.32. The summed E-state index contributed by atoms with van der Waals surface area (Å²) < 4.78 is 44.0. The second-order valence-electron chi connectivity index (χ2n) is 6.44. The van der Waals surface area contributed by atoms with Crippen LogP contribution in [0.2, 0.25) is 0 Å². The molecule has 0 spiro atoms. The maximum absolute atomic E-state index is 13.0. The van der Waals surface area contributed by atoms with E-state index in [1.165, 1.54) is 18.2 Å². The van der Waals surface area contributed by atoms with Crippen LogP contribution in [-0.2, 0) is 22.1 Å². The number of benzene rings is 1. The molecule has 25 heavy (non-hydrogen) atoms. The summed E-state index contributed by atoms with van der Waals surface area (Å²) in [5.41, 5.74) is -0.730. The van der Waals surface area contributed by atoms with Gasteiger partial charge >= 0.3 is 6.18 Å². The van der Waals surface area contributed by atoms with Crippen molar-refractivity contribution >= 4 is 5.91 Å². The van der Waals surface area contributed by atoms with Crippen LogP contribution in [0.3, 0.4) is 0 Å². The fourth-order valence-electron chi connectivity index (χ4n) is 3.19. The summed E-state index contributed by atoms with van der Waals surface area (Å²) in [5, 5.41) is 2.79. The molecule has 7 heteroatoms. The van der Waals surface area contributed by atoms with Gasteiger partial charge in [-0.3, -0.25) is 4.79 Å². The van der Waals surface area contributed by atoms with Gasteiger partial charge in [-0.1, -0.05) is 18.2 Å². The molecule has 140 valence electrons. The molecule has 1 fully saturated rings. The number of carbonyl (C=O) groups is 1. The first kappa shape index (κ1) is 19.7. The minimum Gasteiger partial charge on any atom is -0.383 e. The van der Waals surface area contributed by atoms with Gasteiger partial charge in [0.15, 0.2) is 0 Å². The molecule has 1 heterocycles. The molecule has 1 N–H and O–H groups in total. The number of nitrogens with one attached hydrogen (secondary N) is 1. The Balaban J connectivity index is 1.83. The number of carbonyl (C=O) groups excluding carboxylic acids is 1. The van der Waals surface area contributed by atoms with Gasteiger partial charge in [-0.25, -0.2) is 0 Å². The number of piperidine rings is 1. The highest BCUT2D eigenvalue weighted by Gasteiger charge is 2.33. The number of halogens is 3. The summed E-state index contributed by atoms with van der Waals surface area (Å²) in [7, 11) is 1.67. The molecule has 1 aromatic carbocycles. The van der Waals surface area contributed by atoms with Crippen LogP contribution < -0.4 is 5.32 Å². The number of ether oxygens (including phenoxy) is 1. The molecular weight excluding hydrogens is 333 g/mol. The maximum atomic E-state index is 13.0. The standard InChI is InChI=1S/C18H25F3N2O2/c1-25-10-9-23-8-4-5-14(13-23)12-22-17(24)11-15-6-2-3-7-16(15)18(19,20)21/h2-3,6-7,14H,4-5,8-13H2,1H3,(H,22,24). The van der Waals surface area contributed by atoms with Gasteiger partial charge in [0.05, 0.1) is 18.6 Å². The summed E-state index contributed by atoms with van der Waals surface area (Å²) in [6, 6.07) is 5.22. The minimum atomic E-state index is -4.44. The molecular formula is C18H25F3N2O2. The van der Waals surface area contributed by atoms with Crippen LogP contribution in [0.25, 0.3) is 0 Å². The largest absolute Gasteiger partial charge is 0.416 e. The lowest BCUT2D eigenvalue weighted by atomic mass is 9.97. The Labute approximate surface area is 146 Å². The average Bonchev–Trinajstić information content (AvgIpc) is 2.58. The smallest absolute Gasteiger partial charge is 0.383 e. The van der Waals surface area contributed by atoms with Crippen LogP contribution >= 0.6 is 0 Å². The molecule has 1 aliphatic rings. The molecule has 1 unspecified atom stereocenters. The lowest BCUT2D eigenvalue weighted by Crippen LogP contribution is -2.42. The van der Waals surface area contributed by atoms with Crippen molar-refractivity contribution in [3.8, 4) is 0 Å². The van der Waals surface area contributed by atoms with Crippen molar-refractivity contribution in [2.75, 3.05) is 39.9 Å². The fraction of sp³-hybridized carbons (Fsp3) is 0.611. The van der Waals surface area contributed by atoms with Gasteiger partial charge in [0.2, 0.25) is 5.91 Å². The zero-order chi connectivity index (χ0) is 18.3. The highest BCUT2D eigenvalue weighted by Crippen LogP contribution is 2.32. The van der Waals surface area contributed by atoms with Crippen LogP contribution in [0.15, 0.2) is 24.3 Å². The molecule has 1 atom stereocenters. The van der Waals surface area contributed by atoms with Crippen LogP contribution in [0.1, 0.15) is 24.0 Å². The van der Waals surface area contributed by atoms with Gasteiger partial charge in [-0.05, 0) is 36.9 Å². The highest BCUT2D eigenvalue weighted by molar-refractivity contribution is 5.79. The molecule has 1 aromatic rings. The Hall–Kier alpha value is -1.60. The first-order valence-electron chi connectivity index (χ1n) is 8.53. The monoisotopic (exact) mass is 358 g/mol. The Morgan fingerprint density at radius 2 is 2.12 bits per heavy atom. The minimum absolute atomic E-state index is 0.0119. The number of alkyl halides is 3. The second-order valence-corrected chi connectivity index (χ2v) is 6.44. The van der Waals surface area contributed by atoms with E-state index < -0.39 is 11.7 Å². The third-order valence-corrected chi connectivity index (χ3v) is 4.48. The number of nitrogens with zero attached hydrogens (tertiary/aromatic N) is 1. The predicted molar refractivity (Wildman–Crippen MR) is 89.2 cm³/mol. The first-order valence-corrected chi connectivity index (χ1v) is 8.53. The van der Waals surface area contributed by atoms with E-state index in [2.05, 4.69) is 10.2 Å². The molecule has 1 aliphatic heterocycles. The van der Waals surface area contributed by atoms with Crippen molar-refractivity contribution in [2.24, 2.45) is 5.92 Å². The molecule has 0 saturated carbocycles. The van der Waals surface area contributed by atoms with E-state index in [1.54, 1.807) is 7.11 Å². The number of likely N-dealkylation sites (tertiary alicyclic amines) is 1. The van der Waals surface area contributed by atoms with Crippen LogP contribution in [-0.4, -0.2) is 50.7 Å². The number of rotatable bonds is 7. The average molecular weight is 358 g/mol. The van der Waals surface area contributed by atoms with Crippen molar-refractivity contribution in [1.29, 1.82) is 0 Å². The van der Waals surface area contributed by atoms with Crippen molar-refractivity contribution < 1.29 is 22.7 Å². The van der Waals surface area contributed by atoms with Crippen molar-refractivity contribution in [1.82, 2.24) is 10.2 Å². The molecule has 1 amide bonds. The lowest BCUT2D eigenvalue weighted by molar-refractivity contribution is -0.138. The summed E-state index contributed by atoms with van der Waals surface area (Å²) >= 11 is 0. The molecule has 1 saturated heterocycles. The first-order chi connectivity index (χ1) is 11.9. The SMILES string of the molecule is COCCN1CCCC(CNC(=O)Cc2ccccc2C(F)(F)F)C1. The molecule has 0 aromatic heterocycles. The Morgan fingerprint density at radius 1 is 1.36 bits per heavy atom. The third-order valence-electron chi connectivity index (χ3n) is 4.48. The Bertz CT molecular complexity index is 563. The zero-order valence-electron chi connectivity index (χ0n) is 14.4. The summed E-state index contributed by atoms with van der Waals surface area (Å²) in [6.45, 7) is 3.93. The van der Waals surface area contributed by atoms with Gasteiger partial charge in [-0.2, -0.15) is 13.2 Å². The third kappa shape index (κ3) is 6.32. The van der Waals surface area contributed by atoms with Gasteiger partial charge in [-0.15, -0.1) is 0 Å². The normalized spacial score (nSPS) is 19.0. The topological polar surface area (TPSA) is 41.6 Å². The van der Waals surface area contributed by atoms with E-state index in [-0.39, 0.29) is 17.9 Å². The van der Waals surface area contributed by atoms with Gasteiger partial charge in [0.25, 0.3) is 0 Å². The van der Waals surface area contributed by atoms with Crippen LogP contribution in [0, 0.1) is 5.92 Å². The number of amides is 1. The second kappa shape index (κ2) is 9.20. The molecule has 0 aliphatic carbocycles. The van der Waals surface area contributed by atoms with E-state index in [0.29, 0.717) is 19.1 Å². The molecule has 0 radical (unpaired) electrons. The highest BCUT2D eigenvalue weighted by atomic mass is 19.4. The van der Waals surface area contributed by atoms with E-state index >= 15 is 0 Å². The van der Waals surface area contributed by atoms with Crippen molar-refractivity contribution in [3.63, 3.8) is 0 Å². The van der Waals surface area contributed by atoms with Gasteiger partial charge in [0.1, 0.15) is 0 Å². The Kier molecular flexibility index (Phi) is 7.25. The summed E-state index contributed by atoms with van der Waals surface area (Å²) in [6.07, 6.45) is -2.62. The molecule has 4 nitrogen and oxygen atoms in total. The van der Waals surface area contributed by atoms with E-state index in [4.69, 9.17) is 4.74 Å². The molecule has 2 rings (SSSR count). The van der Waals surface area contributed by atoms with Crippen LogP contribution in [0.4, 0.5) is 13.2 Å². The van der Waals surface area contributed by atoms with Crippen molar-refractivity contribution in [2.45, 2.75) is 25.4 Å². The number of methoxy groups -OCH3 is 1. The Morgan fingerprint density at radius 3 is 2.84 bits per heavy atom. The van der Waals surface area contributed by atoms with E-state index in [1.807, 2.05) is 0 Å². The van der Waals surface area contributed by atoms with Gasteiger partial charge < -0.3 is 15.0 Å². The van der Waals surface area contributed by atoms with E-state index in [0.717, 1.165) is 38.5 Å². The fourth-order valence-corrected chi connectivity index (χ4v) is 3.19. The molecule has 0 bridgehead atoms. The zero-order valence-corrected chi connectivity index (χ0v) is 14.4. The summed E-state index contributed by atoms with van der Waals surface area (Å²) in [4.78, 5) is 14.4. The predicted octanol–water partition coefficient (Wildman–Crippen LogP) is 2.72. The number of hydrogen-bond donors (Lipinski definition) is 1. The van der Waals surface area contributed by atoms with E-state index in [9.17, 15) is 18.0 Å². The quantitative estimate of drug-likeness (QED) is 0.815. The maximum Gasteiger partial charge on any atom is 0.416 e. The van der Waals surface area contributed by atoms with Crippen LogP contribution in [0.5, 0.6) is 0 Å². The van der Waals surface area contributed by atoms with Crippen molar-refractivity contribution in [3.05, 3.63) is 35.4 Å². The van der Waals surface area contributed by atoms with Gasteiger partial charge in [0, 0.05) is 26.7 Å².